The molecule has 17 atom stereocenters. The molecule has 17 unspecified atom stereocenters. The Labute approximate surface area is 287 Å². The van der Waals surface area contributed by atoms with Crippen molar-refractivity contribution in [3.8, 4) is 0 Å². The van der Waals surface area contributed by atoms with Crippen LogP contribution in [0.3, 0.4) is 0 Å². The Morgan fingerprint density at radius 1 is 0.659 bits per heavy atom. The zero-order valence-electron chi connectivity index (χ0n) is 30.6. The van der Waals surface area contributed by atoms with Crippen LogP contribution in [-0.4, -0.2) is 4.43 Å². The Balaban J connectivity index is 0.863. The summed E-state index contributed by atoms with van der Waals surface area (Å²) in [6, 6.07) is 0. The fourth-order valence-corrected chi connectivity index (χ4v) is 17.9. The first-order chi connectivity index (χ1) is 20.9. The Morgan fingerprint density at radius 3 is 1.95 bits per heavy atom. The predicted octanol–water partition coefficient (Wildman–Crippen LogP) is 12.2. The third kappa shape index (κ3) is 4.16. The van der Waals surface area contributed by atoms with Gasteiger partial charge >= 0.3 is 0 Å². The number of rotatable bonds is 14. The van der Waals surface area contributed by atoms with Crippen molar-refractivity contribution < 1.29 is 0 Å². The first kappa shape index (κ1) is 32.0. The summed E-state index contributed by atoms with van der Waals surface area (Å²) in [6.45, 7) is 25.8. The van der Waals surface area contributed by atoms with Crippen LogP contribution in [0.1, 0.15) is 127 Å². The van der Waals surface area contributed by atoms with Crippen LogP contribution in [0.15, 0.2) is 0 Å². The number of halogens is 1. The van der Waals surface area contributed by atoms with Crippen molar-refractivity contribution in [3.05, 3.63) is 0 Å². The van der Waals surface area contributed by atoms with Crippen molar-refractivity contribution in [2.75, 3.05) is 4.43 Å². The molecule has 0 spiro atoms. The fourth-order valence-electron chi connectivity index (χ4n) is 16.5. The number of hydrogen-bond donors (Lipinski definition) is 0. The average molecular weight is 715 g/mol. The highest BCUT2D eigenvalue weighted by Crippen LogP contribution is 2.92. The molecule has 8 aliphatic rings. The average Bonchev–Trinajstić information content (AvgIpc) is 3.48. The summed E-state index contributed by atoms with van der Waals surface area (Å²) in [5.74, 6) is 22.0. The summed E-state index contributed by atoms with van der Waals surface area (Å²) in [5, 5.41) is 0. The molecule has 0 aromatic rings. The van der Waals surface area contributed by atoms with E-state index in [0.29, 0.717) is 5.41 Å². The Bertz CT molecular complexity index is 1080. The van der Waals surface area contributed by atoms with Crippen LogP contribution >= 0.6 is 22.6 Å². The van der Waals surface area contributed by atoms with Crippen LogP contribution in [0.25, 0.3) is 0 Å². The molecule has 0 amide bonds. The van der Waals surface area contributed by atoms with Gasteiger partial charge in [0.15, 0.2) is 0 Å². The van der Waals surface area contributed by atoms with Crippen molar-refractivity contribution in [3.63, 3.8) is 0 Å². The maximum absolute atomic E-state index is 2.84. The lowest BCUT2D eigenvalue weighted by atomic mass is 9.23. The van der Waals surface area contributed by atoms with E-state index in [1.165, 1.54) is 59.2 Å². The molecule has 250 valence electrons. The molecule has 0 nitrogen and oxygen atoms in total. The Hall–Kier alpha value is 0.730. The SMILES string of the molecule is CC(C)C1CC(C(C(C)C)C2CC3C2CC3(CI)C(CCCC(C)C(C(C)C)C2CC3C2C2C3C3C4CC4(C)C23)C(C)C)C1. The smallest absolute Gasteiger partial charge is 0.00576 e. The third-order valence-corrected chi connectivity index (χ3v) is 20.0. The highest BCUT2D eigenvalue weighted by molar-refractivity contribution is 14.1. The molecule has 1 heteroatoms. The molecular weight excluding hydrogens is 643 g/mol. The normalized spacial score (nSPS) is 53.1. The minimum absolute atomic E-state index is 0.667. The Morgan fingerprint density at radius 2 is 1.39 bits per heavy atom. The van der Waals surface area contributed by atoms with Gasteiger partial charge in [0.1, 0.15) is 0 Å². The van der Waals surface area contributed by atoms with Crippen molar-refractivity contribution in [1.82, 2.24) is 0 Å². The Kier molecular flexibility index (Phi) is 7.89. The monoisotopic (exact) mass is 714 g/mol. The summed E-state index contributed by atoms with van der Waals surface area (Å²) in [5.41, 5.74) is 1.50. The second kappa shape index (κ2) is 10.9. The molecule has 0 heterocycles. The van der Waals surface area contributed by atoms with Gasteiger partial charge in [-0.3, -0.25) is 0 Å². The molecule has 0 aromatic heterocycles. The van der Waals surface area contributed by atoms with Gasteiger partial charge in [-0.2, -0.15) is 0 Å². The maximum atomic E-state index is 2.84. The minimum atomic E-state index is 0.667. The lowest BCUT2D eigenvalue weighted by molar-refractivity contribution is -0.340. The molecule has 0 aromatic carbocycles. The van der Waals surface area contributed by atoms with E-state index in [-0.39, 0.29) is 0 Å². The van der Waals surface area contributed by atoms with Crippen molar-refractivity contribution >= 4 is 22.6 Å². The molecular formula is C43H71I. The first-order valence-corrected chi connectivity index (χ1v) is 21.9. The molecule has 0 saturated heterocycles. The summed E-state index contributed by atoms with van der Waals surface area (Å²) < 4.78 is 1.42. The van der Waals surface area contributed by atoms with Gasteiger partial charge in [0.2, 0.25) is 0 Å². The zero-order chi connectivity index (χ0) is 31.2. The van der Waals surface area contributed by atoms with E-state index in [1.807, 2.05) is 0 Å². The summed E-state index contributed by atoms with van der Waals surface area (Å²) in [7, 11) is 0. The standard InChI is InChI=1S/C43H71I/c1-21(2)26-14-27(15-26)36(24(7)8)28-17-33-31(28)18-43(33,20-44)32(22(3)4)13-11-12-25(9)35(23(5)6)29-16-30-37(29)40-38(30)39-34-19-42(34,10)41(39)40/h21-41H,11-20H2,1-10H3. The number of fused-ring (bicyclic) bond motifs is 11. The predicted molar refractivity (Wildman–Crippen MR) is 195 cm³/mol. The van der Waals surface area contributed by atoms with E-state index < -0.39 is 0 Å². The van der Waals surface area contributed by atoms with Gasteiger partial charge in [0.05, 0.1) is 0 Å². The molecule has 0 aliphatic heterocycles. The summed E-state index contributed by atoms with van der Waals surface area (Å²) in [4.78, 5) is 0. The van der Waals surface area contributed by atoms with Gasteiger partial charge in [0.25, 0.3) is 0 Å². The lowest BCUT2D eigenvalue weighted by Crippen LogP contribution is -2.77. The fraction of sp³-hybridized carbons (Fsp3) is 1.00. The molecule has 0 radical (unpaired) electrons. The largest absolute Gasteiger partial charge is 0.0857 e. The second-order valence-electron chi connectivity index (χ2n) is 21.1. The van der Waals surface area contributed by atoms with Gasteiger partial charge in [-0.05, 0) is 180 Å². The molecule has 8 fully saturated rings. The molecule has 8 rings (SSSR count). The molecule has 44 heavy (non-hydrogen) atoms. The molecule has 0 N–H and O–H groups in total. The quantitative estimate of drug-likeness (QED) is 0.0955. The van der Waals surface area contributed by atoms with Crippen LogP contribution < -0.4 is 0 Å². The van der Waals surface area contributed by atoms with Gasteiger partial charge < -0.3 is 0 Å². The van der Waals surface area contributed by atoms with Crippen LogP contribution in [0, 0.1) is 135 Å². The summed E-state index contributed by atoms with van der Waals surface area (Å²) >= 11 is 2.84. The number of hydrogen-bond acceptors (Lipinski definition) is 0. The van der Waals surface area contributed by atoms with Crippen LogP contribution in [0.2, 0.25) is 0 Å². The molecule has 0 bridgehead atoms. The minimum Gasteiger partial charge on any atom is -0.0857 e. The van der Waals surface area contributed by atoms with E-state index in [4.69, 9.17) is 0 Å². The van der Waals surface area contributed by atoms with E-state index >= 15 is 0 Å². The van der Waals surface area contributed by atoms with Gasteiger partial charge in [-0.15, -0.1) is 0 Å². The van der Waals surface area contributed by atoms with Crippen LogP contribution in [-0.2, 0) is 0 Å². The number of alkyl halides is 1. The third-order valence-electron chi connectivity index (χ3n) is 18.6. The van der Waals surface area contributed by atoms with E-state index in [0.717, 1.165) is 94.2 Å². The molecule has 8 aliphatic carbocycles. The van der Waals surface area contributed by atoms with Gasteiger partial charge in [-0.1, -0.05) is 105 Å². The van der Waals surface area contributed by atoms with Crippen LogP contribution in [0.4, 0.5) is 0 Å². The lowest BCUT2D eigenvalue weighted by Gasteiger charge is -2.81. The van der Waals surface area contributed by atoms with E-state index in [1.54, 1.807) is 38.5 Å². The van der Waals surface area contributed by atoms with Crippen molar-refractivity contribution in [1.29, 1.82) is 0 Å². The second-order valence-corrected chi connectivity index (χ2v) is 21.9. The van der Waals surface area contributed by atoms with Crippen molar-refractivity contribution in [2.45, 2.75) is 127 Å². The van der Waals surface area contributed by atoms with Crippen molar-refractivity contribution in [2.24, 2.45) is 135 Å². The van der Waals surface area contributed by atoms with Gasteiger partial charge in [0, 0.05) is 4.43 Å². The van der Waals surface area contributed by atoms with Gasteiger partial charge in [-0.25, -0.2) is 0 Å². The molecule has 8 saturated carbocycles. The van der Waals surface area contributed by atoms with Crippen LogP contribution in [0.5, 0.6) is 0 Å². The highest BCUT2D eigenvalue weighted by atomic mass is 127. The summed E-state index contributed by atoms with van der Waals surface area (Å²) in [6.07, 6.45) is 14.0. The van der Waals surface area contributed by atoms with E-state index in [2.05, 4.69) is 91.8 Å². The first-order valence-electron chi connectivity index (χ1n) is 20.4. The highest BCUT2D eigenvalue weighted by Gasteiger charge is 2.87. The maximum Gasteiger partial charge on any atom is 0.00576 e. The zero-order valence-corrected chi connectivity index (χ0v) is 32.7. The topological polar surface area (TPSA) is 0 Å². The van der Waals surface area contributed by atoms with E-state index in [9.17, 15) is 0 Å².